The smallest absolute Gasteiger partial charge is 0.120 e. The number of furan rings is 1. The van der Waals surface area contributed by atoms with Crippen molar-refractivity contribution in [2.24, 2.45) is 0 Å². The Morgan fingerprint density at radius 1 is 1.22 bits per heavy atom. The Kier molecular flexibility index (Phi) is 4.42. The van der Waals surface area contributed by atoms with Crippen LogP contribution in [0.1, 0.15) is 24.3 Å². The van der Waals surface area contributed by atoms with Gasteiger partial charge in [0.05, 0.1) is 12.3 Å². The van der Waals surface area contributed by atoms with Gasteiger partial charge in [0, 0.05) is 6.54 Å². The van der Waals surface area contributed by atoms with Gasteiger partial charge in [-0.1, -0.05) is 17.7 Å². The standard InChI is InChI=1S/C15H19NO2/c1-12-5-7-14(8-6-12)17-11-9-16-13(2)15-4-3-10-18-15/h3-8,10,13,16H,9,11H2,1-2H3. The molecule has 1 atom stereocenters. The largest absolute Gasteiger partial charge is 0.492 e. The molecule has 0 saturated heterocycles. The topological polar surface area (TPSA) is 34.4 Å². The number of benzene rings is 1. The molecule has 1 N–H and O–H groups in total. The van der Waals surface area contributed by atoms with Gasteiger partial charge in [-0.05, 0) is 38.1 Å². The van der Waals surface area contributed by atoms with Crippen LogP contribution in [0.25, 0.3) is 0 Å². The highest BCUT2D eigenvalue weighted by molar-refractivity contribution is 5.26. The zero-order chi connectivity index (χ0) is 12.8. The van der Waals surface area contributed by atoms with Crippen LogP contribution in [0.4, 0.5) is 0 Å². The Morgan fingerprint density at radius 2 is 2.00 bits per heavy atom. The Hall–Kier alpha value is -1.74. The van der Waals surface area contributed by atoms with Crippen molar-refractivity contribution in [3.05, 3.63) is 54.0 Å². The fourth-order valence-electron chi connectivity index (χ4n) is 1.72. The average molecular weight is 245 g/mol. The summed E-state index contributed by atoms with van der Waals surface area (Å²) in [6, 6.07) is 12.2. The van der Waals surface area contributed by atoms with E-state index in [1.54, 1.807) is 6.26 Å². The van der Waals surface area contributed by atoms with Gasteiger partial charge in [0.2, 0.25) is 0 Å². The van der Waals surface area contributed by atoms with Gasteiger partial charge in [-0.25, -0.2) is 0 Å². The summed E-state index contributed by atoms with van der Waals surface area (Å²) in [6.07, 6.45) is 1.69. The monoisotopic (exact) mass is 245 g/mol. The molecule has 0 amide bonds. The molecule has 1 unspecified atom stereocenters. The van der Waals surface area contributed by atoms with Crippen LogP contribution >= 0.6 is 0 Å². The average Bonchev–Trinajstić information content (AvgIpc) is 2.90. The van der Waals surface area contributed by atoms with E-state index in [2.05, 4.69) is 19.2 Å². The van der Waals surface area contributed by atoms with Crippen LogP contribution in [-0.2, 0) is 0 Å². The lowest BCUT2D eigenvalue weighted by Gasteiger charge is -2.12. The third kappa shape index (κ3) is 3.64. The zero-order valence-electron chi connectivity index (χ0n) is 10.8. The van der Waals surface area contributed by atoms with Gasteiger partial charge >= 0.3 is 0 Å². The fraction of sp³-hybridized carbons (Fsp3) is 0.333. The Labute approximate surface area is 108 Å². The number of aryl methyl sites for hydroxylation is 1. The van der Waals surface area contributed by atoms with Gasteiger partial charge < -0.3 is 14.5 Å². The predicted octanol–water partition coefficient (Wildman–Crippen LogP) is 3.32. The summed E-state index contributed by atoms with van der Waals surface area (Å²) in [5.74, 6) is 1.86. The number of rotatable bonds is 6. The van der Waals surface area contributed by atoms with Gasteiger partial charge in [0.15, 0.2) is 0 Å². The van der Waals surface area contributed by atoms with Crippen LogP contribution in [0.3, 0.4) is 0 Å². The second-order valence-corrected chi connectivity index (χ2v) is 4.35. The first kappa shape index (κ1) is 12.7. The summed E-state index contributed by atoms with van der Waals surface area (Å²) in [6.45, 7) is 5.57. The fourth-order valence-corrected chi connectivity index (χ4v) is 1.72. The van der Waals surface area contributed by atoms with E-state index in [0.29, 0.717) is 6.61 Å². The van der Waals surface area contributed by atoms with Crippen LogP contribution in [0.5, 0.6) is 5.75 Å². The molecule has 1 aromatic heterocycles. The summed E-state index contributed by atoms with van der Waals surface area (Å²) in [4.78, 5) is 0. The van der Waals surface area contributed by atoms with Crippen molar-refractivity contribution in [3.8, 4) is 5.75 Å². The summed E-state index contributed by atoms with van der Waals surface area (Å²) in [5.41, 5.74) is 1.24. The lowest BCUT2D eigenvalue weighted by atomic mass is 10.2. The number of hydrogen-bond donors (Lipinski definition) is 1. The van der Waals surface area contributed by atoms with Crippen LogP contribution in [0.2, 0.25) is 0 Å². The molecule has 1 aromatic carbocycles. The Morgan fingerprint density at radius 3 is 2.67 bits per heavy atom. The summed E-state index contributed by atoms with van der Waals surface area (Å²) in [7, 11) is 0. The van der Waals surface area contributed by atoms with Crippen LogP contribution < -0.4 is 10.1 Å². The molecule has 0 aliphatic rings. The Bertz CT molecular complexity index is 448. The van der Waals surface area contributed by atoms with Gasteiger partial charge in [-0.15, -0.1) is 0 Å². The molecule has 0 aliphatic carbocycles. The van der Waals surface area contributed by atoms with Gasteiger partial charge in [0.1, 0.15) is 18.1 Å². The molecule has 1 heterocycles. The first-order valence-electron chi connectivity index (χ1n) is 6.22. The minimum Gasteiger partial charge on any atom is -0.492 e. The molecule has 0 fully saturated rings. The predicted molar refractivity (Wildman–Crippen MR) is 71.8 cm³/mol. The van der Waals surface area contributed by atoms with E-state index in [1.807, 2.05) is 36.4 Å². The molecule has 0 radical (unpaired) electrons. The van der Waals surface area contributed by atoms with Crippen molar-refractivity contribution in [1.82, 2.24) is 5.32 Å². The molecule has 0 saturated carbocycles. The molecule has 3 heteroatoms. The van der Waals surface area contributed by atoms with Crippen LogP contribution in [-0.4, -0.2) is 13.2 Å². The highest BCUT2D eigenvalue weighted by Crippen LogP contribution is 2.13. The van der Waals surface area contributed by atoms with E-state index in [4.69, 9.17) is 9.15 Å². The maximum Gasteiger partial charge on any atom is 0.120 e. The van der Waals surface area contributed by atoms with Crippen molar-refractivity contribution < 1.29 is 9.15 Å². The normalized spacial score (nSPS) is 12.3. The quantitative estimate of drug-likeness (QED) is 0.793. The summed E-state index contributed by atoms with van der Waals surface area (Å²) >= 11 is 0. The summed E-state index contributed by atoms with van der Waals surface area (Å²) < 4.78 is 11.0. The molecule has 0 bridgehead atoms. The van der Waals surface area contributed by atoms with Crippen LogP contribution in [0, 0.1) is 6.92 Å². The molecule has 96 valence electrons. The van der Waals surface area contributed by atoms with E-state index in [1.165, 1.54) is 5.56 Å². The van der Waals surface area contributed by atoms with Crippen LogP contribution in [0.15, 0.2) is 47.1 Å². The van der Waals surface area contributed by atoms with Gasteiger partial charge in [0.25, 0.3) is 0 Å². The molecule has 3 nitrogen and oxygen atoms in total. The van der Waals surface area contributed by atoms with Crippen molar-refractivity contribution >= 4 is 0 Å². The van der Waals surface area contributed by atoms with Crippen molar-refractivity contribution in [3.63, 3.8) is 0 Å². The zero-order valence-corrected chi connectivity index (χ0v) is 10.8. The molecule has 18 heavy (non-hydrogen) atoms. The first-order valence-corrected chi connectivity index (χ1v) is 6.22. The molecule has 0 spiro atoms. The van der Waals surface area contributed by atoms with Gasteiger partial charge in [-0.3, -0.25) is 0 Å². The maximum absolute atomic E-state index is 5.64. The van der Waals surface area contributed by atoms with Crippen molar-refractivity contribution in [2.45, 2.75) is 19.9 Å². The SMILES string of the molecule is Cc1ccc(OCCNC(C)c2ccco2)cc1. The molecular weight excluding hydrogens is 226 g/mol. The van der Waals surface area contributed by atoms with Gasteiger partial charge in [-0.2, -0.15) is 0 Å². The minimum atomic E-state index is 0.210. The Balaban J connectivity index is 1.68. The second kappa shape index (κ2) is 6.26. The highest BCUT2D eigenvalue weighted by atomic mass is 16.5. The highest BCUT2D eigenvalue weighted by Gasteiger charge is 2.06. The van der Waals surface area contributed by atoms with E-state index in [-0.39, 0.29) is 6.04 Å². The number of hydrogen-bond acceptors (Lipinski definition) is 3. The van der Waals surface area contributed by atoms with Crippen molar-refractivity contribution in [2.75, 3.05) is 13.2 Å². The lowest BCUT2D eigenvalue weighted by Crippen LogP contribution is -2.24. The number of ether oxygens (including phenoxy) is 1. The molecule has 0 aliphatic heterocycles. The lowest BCUT2D eigenvalue weighted by molar-refractivity contribution is 0.302. The van der Waals surface area contributed by atoms with Crippen molar-refractivity contribution in [1.29, 1.82) is 0 Å². The summed E-state index contributed by atoms with van der Waals surface area (Å²) in [5, 5.41) is 3.35. The third-order valence-corrected chi connectivity index (χ3v) is 2.81. The third-order valence-electron chi connectivity index (χ3n) is 2.81. The first-order chi connectivity index (χ1) is 8.75. The minimum absolute atomic E-state index is 0.210. The maximum atomic E-state index is 5.64. The molecular formula is C15H19NO2. The van der Waals surface area contributed by atoms with E-state index >= 15 is 0 Å². The molecule has 2 aromatic rings. The second-order valence-electron chi connectivity index (χ2n) is 4.35. The van der Waals surface area contributed by atoms with E-state index in [0.717, 1.165) is 18.1 Å². The van der Waals surface area contributed by atoms with E-state index < -0.39 is 0 Å². The van der Waals surface area contributed by atoms with E-state index in [9.17, 15) is 0 Å². The number of nitrogens with one attached hydrogen (secondary N) is 1. The molecule has 2 rings (SSSR count).